The van der Waals surface area contributed by atoms with E-state index in [1.54, 1.807) is 12.1 Å². The molecule has 0 unspecified atom stereocenters. The first-order valence-electron chi connectivity index (χ1n) is 5.55. The molecule has 1 amide bonds. The summed E-state index contributed by atoms with van der Waals surface area (Å²) in [5.41, 5.74) is 2.14. The largest absolute Gasteiger partial charge is 1.00 e. The summed E-state index contributed by atoms with van der Waals surface area (Å²) in [5.74, 6) is -0.891. The van der Waals surface area contributed by atoms with E-state index in [1.165, 1.54) is 18.2 Å². The number of hydrogen-bond acceptors (Lipinski definition) is 7. The van der Waals surface area contributed by atoms with Gasteiger partial charge in [-0.3, -0.25) is 4.79 Å². The number of furan rings is 1. The predicted octanol–water partition coefficient (Wildman–Crippen LogP) is -2.34. The van der Waals surface area contributed by atoms with Gasteiger partial charge >= 0.3 is 29.6 Å². The van der Waals surface area contributed by atoms with Crippen LogP contribution >= 0.6 is 0 Å². The van der Waals surface area contributed by atoms with Crippen molar-refractivity contribution in [1.29, 1.82) is 0 Å². The van der Waals surface area contributed by atoms with E-state index in [0.717, 1.165) is 12.3 Å². The summed E-state index contributed by atoms with van der Waals surface area (Å²) in [6.45, 7) is 0. The Balaban J connectivity index is 0.00000242. The number of para-hydroxylation sites is 1. The van der Waals surface area contributed by atoms with E-state index < -0.39 is 21.1 Å². The zero-order valence-electron chi connectivity index (χ0n) is 11.4. The Kier molecular flexibility index (Phi) is 6.33. The molecule has 0 radical (unpaired) electrons. The number of hydrogen-bond donors (Lipinski definition) is 2. The molecule has 1 heterocycles. The number of phenolic OH excluding ortho intramolecular Hbond substituents is 1. The van der Waals surface area contributed by atoms with Crippen LogP contribution in [0.3, 0.4) is 0 Å². The molecule has 0 saturated carbocycles. The number of nitrogens with one attached hydrogen (secondary N) is 1. The molecular weight excluding hydrogens is 323 g/mol. The van der Waals surface area contributed by atoms with E-state index >= 15 is 0 Å². The van der Waals surface area contributed by atoms with Crippen LogP contribution in [0.1, 0.15) is 16.1 Å². The molecule has 1 aromatic heterocycles. The molecule has 0 aliphatic heterocycles. The fraction of sp³-hybridized carbons (Fsp3) is 0. The first-order chi connectivity index (χ1) is 9.88. The van der Waals surface area contributed by atoms with Gasteiger partial charge < -0.3 is 14.1 Å². The quantitative estimate of drug-likeness (QED) is 0.279. The maximum atomic E-state index is 11.7. The van der Waals surface area contributed by atoms with Gasteiger partial charge in [0.25, 0.3) is 5.91 Å². The molecule has 22 heavy (non-hydrogen) atoms. The minimum atomic E-state index is -4.67. The van der Waals surface area contributed by atoms with E-state index in [-0.39, 0.29) is 46.6 Å². The third-order valence-electron chi connectivity index (χ3n) is 2.36. The average molecular weight is 332 g/mol. The summed E-state index contributed by atoms with van der Waals surface area (Å²) in [6, 6.07) is 8.06. The topological polar surface area (TPSA) is 132 Å². The molecule has 10 heteroatoms. The van der Waals surface area contributed by atoms with Crippen LogP contribution in [-0.2, 0) is 10.1 Å². The number of carbonyl (C=O) groups excluding carboxylic acids is 1. The van der Waals surface area contributed by atoms with Gasteiger partial charge in [0.1, 0.15) is 11.5 Å². The van der Waals surface area contributed by atoms with Gasteiger partial charge in [-0.1, -0.05) is 12.1 Å². The third-order valence-corrected chi connectivity index (χ3v) is 3.07. The molecule has 2 rings (SSSR count). The van der Waals surface area contributed by atoms with Crippen LogP contribution in [0.5, 0.6) is 5.75 Å². The van der Waals surface area contributed by atoms with Gasteiger partial charge in [0.05, 0.1) is 11.8 Å². The van der Waals surface area contributed by atoms with E-state index in [2.05, 4.69) is 10.5 Å². The van der Waals surface area contributed by atoms with Crippen LogP contribution < -0.4 is 35.0 Å². The third kappa shape index (κ3) is 4.68. The van der Waals surface area contributed by atoms with Crippen LogP contribution in [0.2, 0.25) is 0 Å². The number of rotatable bonds is 4. The number of hydrazone groups is 1. The summed E-state index contributed by atoms with van der Waals surface area (Å²) in [6.07, 6.45) is 1.02. The van der Waals surface area contributed by atoms with E-state index in [4.69, 9.17) is 4.42 Å². The van der Waals surface area contributed by atoms with Crippen LogP contribution in [0.25, 0.3) is 0 Å². The van der Waals surface area contributed by atoms with Crippen LogP contribution in [0.4, 0.5) is 0 Å². The zero-order chi connectivity index (χ0) is 15.5. The summed E-state index contributed by atoms with van der Waals surface area (Å²) >= 11 is 0. The first-order valence-corrected chi connectivity index (χ1v) is 6.96. The van der Waals surface area contributed by atoms with Crippen molar-refractivity contribution >= 4 is 22.2 Å². The Morgan fingerprint density at radius 3 is 2.55 bits per heavy atom. The van der Waals surface area contributed by atoms with Crippen molar-refractivity contribution in [1.82, 2.24) is 5.43 Å². The van der Waals surface area contributed by atoms with Crippen molar-refractivity contribution < 1.29 is 56.8 Å². The van der Waals surface area contributed by atoms with Crippen molar-refractivity contribution in [3.05, 3.63) is 47.7 Å². The maximum Gasteiger partial charge on any atom is 1.00 e. The number of aromatic hydroxyl groups is 1. The molecule has 1 aromatic carbocycles. The Bertz CT molecular complexity index is 799. The first kappa shape index (κ1) is 18.4. The van der Waals surface area contributed by atoms with Gasteiger partial charge in [0, 0.05) is 0 Å². The van der Waals surface area contributed by atoms with Gasteiger partial charge in [-0.2, -0.15) is 5.10 Å². The van der Waals surface area contributed by atoms with Crippen LogP contribution in [-0.4, -0.2) is 30.2 Å². The predicted molar refractivity (Wildman–Crippen MR) is 69.8 cm³/mol. The Morgan fingerprint density at radius 1 is 1.27 bits per heavy atom. The molecule has 0 fully saturated rings. The van der Waals surface area contributed by atoms with Gasteiger partial charge in [0.2, 0.25) is 5.09 Å². The molecule has 2 aromatic rings. The van der Waals surface area contributed by atoms with Crippen molar-refractivity contribution in [2.45, 2.75) is 5.09 Å². The van der Waals surface area contributed by atoms with Crippen molar-refractivity contribution in [3.63, 3.8) is 0 Å². The maximum absolute atomic E-state index is 11.7. The van der Waals surface area contributed by atoms with E-state index in [9.17, 15) is 22.9 Å². The second-order valence-electron chi connectivity index (χ2n) is 3.83. The summed E-state index contributed by atoms with van der Waals surface area (Å²) < 4.78 is 36.7. The van der Waals surface area contributed by atoms with E-state index in [0.29, 0.717) is 0 Å². The standard InChI is InChI=1S/C12H10N2O6S.Na/c15-10-4-2-1-3-9(10)12(16)14-13-7-8-5-6-11(20-8)21(17,18)19;/h1-7,15H,(H,14,16)(H,17,18,19);/q;+1/p-1. The molecule has 0 aliphatic carbocycles. The minimum Gasteiger partial charge on any atom is -0.742 e. The summed E-state index contributed by atoms with van der Waals surface area (Å²) in [7, 11) is -4.67. The van der Waals surface area contributed by atoms with Crippen LogP contribution in [0.15, 0.2) is 51.0 Å². The monoisotopic (exact) mass is 332 g/mol. The molecule has 0 bridgehead atoms. The molecule has 0 spiro atoms. The SMILES string of the molecule is O=C(NN=Cc1ccc(S(=O)(=O)[O-])o1)c1ccccc1O.[Na+]. The number of nitrogens with zero attached hydrogens (tertiary/aromatic N) is 1. The van der Waals surface area contributed by atoms with Gasteiger partial charge in [-0.15, -0.1) is 0 Å². The van der Waals surface area contributed by atoms with Crippen molar-refractivity contribution in [2.75, 3.05) is 0 Å². The molecule has 0 saturated heterocycles. The Morgan fingerprint density at radius 2 is 1.95 bits per heavy atom. The minimum absolute atomic E-state index is 0. The number of amides is 1. The fourth-order valence-corrected chi connectivity index (χ4v) is 1.85. The van der Waals surface area contributed by atoms with E-state index in [1.807, 2.05) is 0 Å². The average Bonchev–Trinajstić information content (AvgIpc) is 2.88. The molecule has 2 N–H and O–H groups in total. The number of benzene rings is 1. The fourth-order valence-electron chi connectivity index (χ4n) is 1.42. The Labute approximate surface area is 147 Å². The summed E-state index contributed by atoms with van der Waals surface area (Å²) in [5, 5.41) is 12.2. The van der Waals surface area contributed by atoms with Crippen molar-refractivity contribution in [3.8, 4) is 5.75 Å². The second kappa shape index (κ2) is 7.56. The van der Waals surface area contributed by atoms with Gasteiger partial charge in [-0.05, 0) is 24.3 Å². The summed E-state index contributed by atoms with van der Waals surface area (Å²) in [4.78, 5) is 11.7. The molecule has 110 valence electrons. The Hall–Kier alpha value is -1.65. The normalized spacial score (nSPS) is 11.1. The zero-order valence-corrected chi connectivity index (χ0v) is 14.2. The molecule has 0 atom stereocenters. The number of carbonyl (C=O) groups is 1. The smallest absolute Gasteiger partial charge is 0.742 e. The number of phenols is 1. The molecule has 8 nitrogen and oxygen atoms in total. The second-order valence-corrected chi connectivity index (χ2v) is 5.14. The van der Waals surface area contributed by atoms with Gasteiger partial charge in [0.15, 0.2) is 10.1 Å². The van der Waals surface area contributed by atoms with Crippen molar-refractivity contribution in [2.24, 2.45) is 5.10 Å². The van der Waals surface area contributed by atoms with Crippen LogP contribution in [0, 0.1) is 0 Å². The molecule has 0 aliphatic rings. The van der Waals surface area contributed by atoms with Gasteiger partial charge in [-0.25, -0.2) is 13.8 Å². The molecular formula is C12H9N2NaO6S.